The Morgan fingerprint density at radius 1 is 1.12 bits per heavy atom. The van der Waals surface area contributed by atoms with E-state index in [-0.39, 0.29) is 17.2 Å². The maximum atomic E-state index is 10.7. The van der Waals surface area contributed by atoms with Gasteiger partial charge in [0, 0.05) is 23.9 Å². The number of nitro benzene ring substituents is 1. The monoisotopic (exact) mass is 342 g/mol. The molecule has 0 radical (unpaired) electrons. The summed E-state index contributed by atoms with van der Waals surface area (Å²) >= 11 is 1.18. The molecule has 0 amide bonds. The summed E-state index contributed by atoms with van der Waals surface area (Å²) in [5, 5.41) is 38.3. The number of aliphatic imine (C=N–C) groups is 1. The quantitative estimate of drug-likeness (QED) is 0.325. The Hall–Kier alpha value is -3.33. The van der Waals surface area contributed by atoms with Gasteiger partial charge >= 0.3 is 0 Å². The third-order valence-corrected chi connectivity index (χ3v) is 3.92. The first-order valence-electron chi connectivity index (χ1n) is 6.67. The number of phenols is 2. The SMILES string of the molecule is O=[N+]([O-])c1cccc(C=Nc2nnc(-c3ccc(O)c(O)c3)s2)c1. The highest BCUT2D eigenvalue weighted by Crippen LogP contribution is 2.33. The first-order valence-corrected chi connectivity index (χ1v) is 7.49. The minimum Gasteiger partial charge on any atom is -0.504 e. The zero-order valence-electron chi connectivity index (χ0n) is 12.0. The molecule has 0 aliphatic carbocycles. The van der Waals surface area contributed by atoms with Crippen LogP contribution in [0.15, 0.2) is 47.5 Å². The van der Waals surface area contributed by atoms with Gasteiger partial charge in [0.2, 0.25) is 5.13 Å². The fraction of sp³-hybridized carbons (Fsp3) is 0. The number of aromatic nitrogens is 2. The van der Waals surface area contributed by atoms with E-state index in [1.807, 2.05) is 0 Å². The van der Waals surface area contributed by atoms with Crippen molar-refractivity contribution in [1.82, 2.24) is 10.2 Å². The second kappa shape index (κ2) is 6.42. The third kappa shape index (κ3) is 3.36. The predicted molar refractivity (Wildman–Crippen MR) is 89.0 cm³/mol. The number of non-ortho nitro benzene ring substituents is 1. The van der Waals surface area contributed by atoms with E-state index in [2.05, 4.69) is 15.2 Å². The topological polar surface area (TPSA) is 122 Å². The highest BCUT2D eigenvalue weighted by atomic mass is 32.1. The van der Waals surface area contributed by atoms with Gasteiger partial charge in [-0.25, -0.2) is 4.99 Å². The lowest BCUT2D eigenvalue weighted by Gasteiger charge is -1.98. The van der Waals surface area contributed by atoms with E-state index in [9.17, 15) is 20.3 Å². The molecule has 2 N–H and O–H groups in total. The molecule has 3 rings (SSSR count). The van der Waals surface area contributed by atoms with Crippen LogP contribution in [0.5, 0.6) is 11.5 Å². The minimum absolute atomic E-state index is 0.0172. The number of benzene rings is 2. The van der Waals surface area contributed by atoms with Crippen molar-refractivity contribution >= 4 is 28.4 Å². The lowest BCUT2D eigenvalue weighted by atomic mass is 10.2. The number of aromatic hydroxyl groups is 2. The van der Waals surface area contributed by atoms with Crippen LogP contribution in [0.3, 0.4) is 0 Å². The normalized spacial score (nSPS) is 11.0. The second-order valence-corrected chi connectivity index (χ2v) is 5.66. The van der Waals surface area contributed by atoms with Crippen molar-refractivity contribution in [3.63, 3.8) is 0 Å². The smallest absolute Gasteiger partial charge is 0.270 e. The molecular formula is C15H10N4O4S. The van der Waals surface area contributed by atoms with E-state index in [4.69, 9.17) is 0 Å². The molecule has 0 aliphatic rings. The molecule has 1 heterocycles. The summed E-state index contributed by atoms with van der Waals surface area (Å²) in [6.45, 7) is 0. The number of nitro groups is 1. The molecule has 8 nitrogen and oxygen atoms in total. The zero-order valence-corrected chi connectivity index (χ0v) is 12.8. The van der Waals surface area contributed by atoms with Gasteiger partial charge in [-0.3, -0.25) is 10.1 Å². The molecule has 120 valence electrons. The first kappa shape index (κ1) is 15.6. The molecule has 24 heavy (non-hydrogen) atoms. The lowest BCUT2D eigenvalue weighted by molar-refractivity contribution is -0.384. The molecule has 0 spiro atoms. The van der Waals surface area contributed by atoms with Gasteiger partial charge in [-0.1, -0.05) is 23.5 Å². The Morgan fingerprint density at radius 3 is 2.71 bits per heavy atom. The van der Waals surface area contributed by atoms with Gasteiger partial charge in [0.1, 0.15) is 5.01 Å². The van der Waals surface area contributed by atoms with Crippen LogP contribution in [-0.2, 0) is 0 Å². The molecule has 0 unspecified atom stereocenters. The predicted octanol–water partition coefficient (Wildman–Crippen LogP) is 3.28. The molecule has 0 fully saturated rings. The Labute approximate surface area is 139 Å². The fourth-order valence-corrected chi connectivity index (χ4v) is 2.58. The van der Waals surface area contributed by atoms with Crippen LogP contribution in [0, 0.1) is 10.1 Å². The van der Waals surface area contributed by atoms with Crippen molar-refractivity contribution in [3.8, 4) is 22.1 Å². The fourth-order valence-electron chi connectivity index (χ4n) is 1.89. The summed E-state index contributed by atoms with van der Waals surface area (Å²) in [5.41, 5.74) is 1.15. The van der Waals surface area contributed by atoms with Crippen molar-refractivity contribution in [2.75, 3.05) is 0 Å². The van der Waals surface area contributed by atoms with Crippen molar-refractivity contribution in [2.24, 2.45) is 4.99 Å². The van der Waals surface area contributed by atoms with Gasteiger partial charge in [-0.2, -0.15) is 0 Å². The Morgan fingerprint density at radius 2 is 1.96 bits per heavy atom. The number of phenolic OH excluding ortho intramolecular Hbond substituents is 2. The van der Waals surface area contributed by atoms with Crippen LogP contribution in [-0.4, -0.2) is 31.5 Å². The largest absolute Gasteiger partial charge is 0.504 e. The van der Waals surface area contributed by atoms with E-state index < -0.39 is 4.92 Å². The van der Waals surface area contributed by atoms with E-state index in [0.717, 1.165) is 0 Å². The summed E-state index contributed by atoms with van der Waals surface area (Å²) in [7, 11) is 0. The standard InChI is InChI=1S/C15H10N4O4S/c20-12-5-4-10(7-13(12)21)14-17-18-15(24-14)16-8-9-2-1-3-11(6-9)19(22)23/h1-8,20-21H. The minimum atomic E-state index is -0.475. The van der Waals surface area contributed by atoms with E-state index in [1.54, 1.807) is 18.2 Å². The maximum Gasteiger partial charge on any atom is 0.270 e. The Kier molecular flexibility index (Phi) is 4.17. The molecule has 0 saturated heterocycles. The number of nitrogens with zero attached hydrogens (tertiary/aromatic N) is 4. The van der Waals surface area contributed by atoms with E-state index in [0.29, 0.717) is 21.3 Å². The van der Waals surface area contributed by atoms with Crippen LogP contribution in [0.2, 0.25) is 0 Å². The average molecular weight is 342 g/mol. The van der Waals surface area contributed by atoms with Gasteiger partial charge in [-0.15, -0.1) is 10.2 Å². The molecule has 1 aromatic heterocycles. The van der Waals surface area contributed by atoms with Crippen molar-refractivity contribution < 1.29 is 15.1 Å². The summed E-state index contributed by atoms with van der Waals surface area (Å²) in [6, 6.07) is 10.4. The van der Waals surface area contributed by atoms with Gasteiger partial charge in [-0.05, 0) is 23.8 Å². The molecule has 0 saturated carbocycles. The highest BCUT2D eigenvalue weighted by Gasteiger charge is 2.09. The van der Waals surface area contributed by atoms with Crippen LogP contribution in [0.4, 0.5) is 10.8 Å². The van der Waals surface area contributed by atoms with Crippen LogP contribution < -0.4 is 0 Å². The molecule has 3 aromatic rings. The number of hydrogen-bond donors (Lipinski definition) is 2. The van der Waals surface area contributed by atoms with E-state index >= 15 is 0 Å². The van der Waals surface area contributed by atoms with Crippen molar-refractivity contribution in [1.29, 1.82) is 0 Å². The van der Waals surface area contributed by atoms with Crippen LogP contribution in [0.1, 0.15) is 5.56 Å². The van der Waals surface area contributed by atoms with Crippen LogP contribution in [0.25, 0.3) is 10.6 Å². The molecule has 9 heteroatoms. The molecule has 2 aromatic carbocycles. The first-order chi connectivity index (χ1) is 11.5. The second-order valence-electron chi connectivity index (χ2n) is 4.70. The van der Waals surface area contributed by atoms with Gasteiger partial charge in [0.25, 0.3) is 5.69 Å². The molecular weight excluding hydrogens is 332 g/mol. The number of rotatable bonds is 4. The third-order valence-electron chi connectivity index (χ3n) is 3.04. The number of hydrogen-bond acceptors (Lipinski definition) is 8. The Bertz CT molecular complexity index is 939. The zero-order chi connectivity index (χ0) is 17.1. The van der Waals surface area contributed by atoms with Gasteiger partial charge < -0.3 is 10.2 Å². The molecule has 0 bridgehead atoms. The summed E-state index contributed by atoms with van der Waals surface area (Å²) in [6.07, 6.45) is 1.46. The van der Waals surface area contributed by atoms with E-state index in [1.165, 1.54) is 41.8 Å². The van der Waals surface area contributed by atoms with Crippen molar-refractivity contribution in [3.05, 3.63) is 58.1 Å². The van der Waals surface area contributed by atoms with Crippen molar-refractivity contribution in [2.45, 2.75) is 0 Å². The summed E-state index contributed by atoms with van der Waals surface area (Å²) in [4.78, 5) is 14.4. The average Bonchev–Trinajstić information content (AvgIpc) is 3.05. The molecule has 0 aliphatic heterocycles. The molecule has 0 atom stereocenters. The maximum absolute atomic E-state index is 10.7. The van der Waals surface area contributed by atoms with Crippen LogP contribution >= 0.6 is 11.3 Å². The Balaban J connectivity index is 1.82. The summed E-state index contributed by atoms with van der Waals surface area (Å²) in [5.74, 6) is -0.462. The highest BCUT2D eigenvalue weighted by molar-refractivity contribution is 7.18. The summed E-state index contributed by atoms with van der Waals surface area (Å²) < 4.78 is 0. The van der Waals surface area contributed by atoms with Gasteiger partial charge in [0.15, 0.2) is 11.5 Å². The van der Waals surface area contributed by atoms with Gasteiger partial charge in [0.05, 0.1) is 4.92 Å². The lowest BCUT2D eigenvalue weighted by Crippen LogP contribution is -1.89.